The topological polar surface area (TPSA) is 73.0 Å². The van der Waals surface area contributed by atoms with E-state index in [1.54, 1.807) is 0 Å². The van der Waals surface area contributed by atoms with Gasteiger partial charge in [-0.2, -0.15) is 0 Å². The highest BCUT2D eigenvalue weighted by atomic mass is 16.6. The molecule has 0 aliphatic rings. The third-order valence-electron chi connectivity index (χ3n) is 3.16. The van der Waals surface area contributed by atoms with Crippen LogP contribution >= 0.6 is 0 Å². The highest BCUT2D eigenvalue weighted by Gasteiger charge is 2.13. The minimum atomic E-state index is -0.426. The SMILES string of the molecule is Cn1ccc2cc(Nc3cnccc3[N+](=O)[O-])ccc21. The Balaban J connectivity index is 1.99. The lowest BCUT2D eigenvalue weighted by atomic mass is 10.2. The number of aryl methyl sites for hydroxylation is 1. The number of nitrogens with one attached hydrogen (secondary N) is 1. The summed E-state index contributed by atoms with van der Waals surface area (Å²) in [6, 6.07) is 9.19. The Morgan fingerprint density at radius 1 is 1.30 bits per heavy atom. The number of nitro groups is 1. The Hall–Kier alpha value is -2.89. The van der Waals surface area contributed by atoms with Crippen molar-refractivity contribution in [2.45, 2.75) is 0 Å². The van der Waals surface area contributed by atoms with Gasteiger partial charge in [-0.15, -0.1) is 0 Å². The second kappa shape index (κ2) is 4.65. The van der Waals surface area contributed by atoms with Crippen LogP contribution in [-0.4, -0.2) is 14.5 Å². The number of pyridine rings is 1. The van der Waals surface area contributed by atoms with Crippen LogP contribution in [0.4, 0.5) is 17.1 Å². The molecule has 1 aromatic carbocycles. The number of benzene rings is 1. The molecule has 2 aromatic heterocycles. The van der Waals surface area contributed by atoms with Gasteiger partial charge in [0.25, 0.3) is 5.69 Å². The number of rotatable bonds is 3. The fourth-order valence-electron chi connectivity index (χ4n) is 2.16. The summed E-state index contributed by atoms with van der Waals surface area (Å²) in [6.07, 6.45) is 4.83. The molecule has 0 bridgehead atoms. The summed E-state index contributed by atoms with van der Waals surface area (Å²) in [4.78, 5) is 14.5. The summed E-state index contributed by atoms with van der Waals surface area (Å²) in [7, 11) is 1.97. The summed E-state index contributed by atoms with van der Waals surface area (Å²) < 4.78 is 2.02. The van der Waals surface area contributed by atoms with Crippen LogP contribution in [0.3, 0.4) is 0 Å². The third kappa shape index (κ3) is 2.07. The van der Waals surface area contributed by atoms with Crippen LogP contribution in [0, 0.1) is 10.1 Å². The Kier molecular flexibility index (Phi) is 2.83. The van der Waals surface area contributed by atoms with Gasteiger partial charge in [0.05, 0.1) is 11.1 Å². The summed E-state index contributed by atoms with van der Waals surface area (Å²) in [6.45, 7) is 0. The van der Waals surface area contributed by atoms with E-state index in [0.29, 0.717) is 5.69 Å². The third-order valence-corrected chi connectivity index (χ3v) is 3.16. The smallest absolute Gasteiger partial charge is 0.295 e. The Labute approximate surface area is 114 Å². The maximum Gasteiger partial charge on any atom is 0.295 e. The summed E-state index contributed by atoms with van der Waals surface area (Å²) in [5.41, 5.74) is 2.29. The largest absolute Gasteiger partial charge is 0.351 e. The van der Waals surface area contributed by atoms with Gasteiger partial charge in [0.2, 0.25) is 0 Å². The van der Waals surface area contributed by atoms with Crippen LogP contribution in [0.2, 0.25) is 0 Å². The fourth-order valence-corrected chi connectivity index (χ4v) is 2.16. The first-order chi connectivity index (χ1) is 9.65. The van der Waals surface area contributed by atoms with Gasteiger partial charge in [-0.1, -0.05) is 0 Å². The molecule has 6 nitrogen and oxygen atoms in total. The number of nitrogens with zero attached hydrogens (tertiary/aromatic N) is 3. The number of hydrogen-bond donors (Lipinski definition) is 1. The first-order valence-electron chi connectivity index (χ1n) is 6.05. The van der Waals surface area contributed by atoms with Gasteiger partial charge in [0, 0.05) is 42.1 Å². The Morgan fingerprint density at radius 2 is 2.15 bits per heavy atom. The fraction of sp³-hybridized carbons (Fsp3) is 0.0714. The molecular weight excluding hydrogens is 256 g/mol. The lowest BCUT2D eigenvalue weighted by Gasteiger charge is -2.07. The molecule has 20 heavy (non-hydrogen) atoms. The van der Waals surface area contributed by atoms with Gasteiger partial charge in [-0.3, -0.25) is 15.1 Å². The quantitative estimate of drug-likeness (QED) is 0.584. The van der Waals surface area contributed by atoms with Crippen molar-refractivity contribution < 1.29 is 4.92 Å². The molecule has 0 saturated heterocycles. The van der Waals surface area contributed by atoms with Gasteiger partial charge in [-0.05, 0) is 24.3 Å². The molecule has 100 valence electrons. The summed E-state index contributed by atoms with van der Waals surface area (Å²) in [5, 5.41) is 15.1. The molecule has 0 fully saturated rings. The molecule has 0 atom stereocenters. The van der Waals surface area contributed by atoms with E-state index in [-0.39, 0.29) is 5.69 Å². The van der Waals surface area contributed by atoms with Crippen molar-refractivity contribution in [1.82, 2.24) is 9.55 Å². The zero-order valence-corrected chi connectivity index (χ0v) is 10.8. The molecule has 1 N–H and O–H groups in total. The Morgan fingerprint density at radius 3 is 2.95 bits per heavy atom. The zero-order valence-electron chi connectivity index (χ0n) is 10.8. The van der Waals surface area contributed by atoms with E-state index in [1.807, 2.05) is 42.1 Å². The van der Waals surface area contributed by atoms with Crippen molar-refractivity contribution in [1.29, 1.82) is 0 Å². The second-order valence-corrected chi connectivity index (χ2v) is 4.48. The normalized spacial score (nSPS) is 10.7. The molecule has 0 unspecified atom stereocenters. The van der Waals surface area contributed by atoms with E-state index in [1.165, 1.54) is 18.5 Å². The predicted octanol–water partition coefficient (Wildman–Crippen LogP) is 3.23. The van der Waals surface area contributed by atoms with E-state index in [4.69, 9.17) is 0 Å². The first-order valence-corrected chi connectivity index (χ1v) is 6.05. The van der Waals surface area contributed by atoms with Crippen LogP contribution in [0.25, 0.3) is 10.9 Å². The molecule has 6 heteroatoms. The van der Waals surface area contributed by atoms with Crippen LogP contribution in [0.5, 0.6) is 0 Å². The van der Waals surface area contributed by atoms with Gasteiger partial charge < -0.3 is 9.88 Å². The van der Waals surface area contributed by atoms with E-state index < -0.39 is 4.92 Å². The zero-order chi connectivity index (χ0) is 14.1. The summed E-state index contributed by atoms with van der Waals surface area (Å²) >= 11 is 0. The lowest BCUT2D eigenvalue weighted by Crippen LogP contribution is -1.97. The van der Waals surface area contributed by atoms with Crippen molar-refractivity contribution in [3.63, 3.8) is 0 Å². The van der Waals surface area contributed by atoms with Gasteiger partial charge in [-0.25, -0.2) is 0 Å². The molecule has 0 aliphatic heterocycles. The van der Waals surface area contributed by atoms with E-state index in [2.05, 4.69) is 10.3 Å². The number of anilines is 2. The van der Waals surface area contributed by atoms with E-state index in [0.717, 1.165) is 16.6 Å². The second-order valence-electron chi connectivity index (χ2n) is 4.48. The molecule has 0 aliphatic carbocycles. The van der Waals surface area contributed by atoms with Crippen molar-refractivity contribution in [3.8, 4) is 0 Å². The molecule has 0 saturated carbocycles. The molecule has 3 aromatic rings. The monoisotopic (exact) mass is 268 g/mol. The molecule has 2 heterocycles. The minimum Gasteiger partial charge on any atom is -0.351 e. The predicted molar refractivity (Wildman–Crippen MR) is 77.1 cm³/mol. The average Bonchev–Trinajstić information content (AvgIpc) is 2.80. The van der Waals surface area contributed by atoms with Crippen LogP contribution in [0.15, 0.2) is 48.9 Å². The van der Waals surface area contributed by atoms with Gasteiger partial charge in [0.1, 0.15) is 5.69 Å². The van der Waals surface area contributed by atoms with E-state index >= 15 is 0 Å². The molecule has 0 radical (unpaired) electrons. The van der Waals surface area contributed by atoms with Crippen molar-refractivity contribution >= 4 is 28.0 Å². The number of fused-ring (bicyclic) bond motifs is 1. The van der Waals surface area contributed by atoms with E-state index in [9.17, 15) is 10.1 Å². The van der Waals surface area contributed by atoms with Crippen molar-refractivity contribution in [2.75, 3.05) is 5.32 Å². The molecular formula is C14H12N4O2. The number of aromatic nitrogens is 2. The lowest BCUT2D eigenvalue weighted by molar-refractivity contribution is -0.384. The Bertz CT molecular complexity index is 795. The molecule has 3 rings (SSSR count). The minimum absolute atomic E-state index is 0.00755. The highest BCUT2D eigenvalue weighted by molar-refractivity contribution is 5.85. The summed E-state index contributed by atoms with van der Waals surface area (Å²) in [5.74, 6) is 0. The molecule has 0 amide bonds. The highest BCUT2D eigenvalue weighted by Crippen LogP contribution is 2.27. The standard InChI is InChI=1S/C14H12N4O2/c1-17-7-5-10-8-11(2-3-13(10)17)16-12-9-15-6-4-14(12)18(19)20/h2-9,16H,1H3. The maximum absolute atomic E-state index is 11.0. The maximum atomic E-state index is 11.0. The number of hydrogen-bond acceptors (Lipinski definition) is 4. The average molecular weight is 268 g/mol. The van der Waals surface area contributed by atoms with Gasteiger partial charge >= 0.3 is 0 Å². The van der Waals surface area contributed by atoms with Crippen LogP contribution in [-0.2, 0) is 7.05 Å². The van der Waals surface area contributed by atoms with Gasteiger partial charge in [0.15, 0.2) is 0 Å². The van der Waals surface area contributed by atoms with Crippen molar-refractivity contribution in [2.24, 2.45) is 7.05 Å². The van der Waals surface area contributed by atoms with Crippen LogP contribution < -0.4 is 5.32 Å². The first kappa shape index (κ1) is 12.2. The van der Waals surface area contributed by atoms with Crippen molar-refractivity contribution in [3.05, 3.63) is 59.0 Å². The molecule has 0 spiro atoms. The van der Waals surface area contributed by atoms with Crippen LogP contribution in [0.1, 0.15) is 0 Å².